The van der Waals surface area contributed by atoms with Crippen LogP contribution in [0.4, 0.5) is 0 Å². The Morgan fingerprint density at radius 2 is 1.09 bits per heavy atom. The third kappa shape index (κ3) is 11.8. The summed E-state index contributed by atoms with van der Waals surface area (Å²) >= 11 is 0. The largest absolute Gasteiger partial charge is 0.337 e. The van der Waals surface area contributed by atoms with E-state index < -0.39 is 0 Å². The topological polar surface area (TPSA) is 17.8 Å². The summed E-state index contributed by atoms with van der Waals surface area (Å²) in [7, 11) is 0. The Morgan fingerprint density at radius 3 is 1.50 bits per heavy atom. The van der Waals surface area contributed by atoms with Crippen LogP contribution in [0, 0.1) is 0 Å². The second-order valence-electron chi connectivity index (χ2n) is 6.75. The van der Waals surface area contributed by atoms with Gasteiger partial charge >= 0.3 is 0 Å². The molecule has 0 atom stereocenters. The molecular formula is C20H38N2. The van der Waals surface area contributed by atoms with Crippen LogP contribution < -0.4 is 0 Å². The van der Waals surface area contributed by atoms with Crippen molar-refractivity contribution in [1.82, 2.24) is 9.55 Å². The number of aryl methyl sites for hydroxylation is 1. The van der Waals surface area contributed by atoms with Gasteiger partial charge in [-0.1, -0.05) is 96.8 Å². The summed E-state index contributed by atoms with van der Waals surface area (Å²) in [6, 6.07) is 0. The molecule has 1 aromatic rings. The first-order chi connectivity index (χ1) is 10.9. The fourth-order valence-electron chi connectivity index (χ4n) is 3.08. The summed E-state index contributed by atoms with van der Waals surface area (Å²) in [5.74, 6) is 0. The molecule has 0 aliphatic carbocycles. The third-order valence-corrected chi connectivity index (χ3v) is 4.58. The Kier molecular flexibility index (Phi) is 13.2. The van der Waals surface area contributed by atoms with Crippen molar-refractivity contribution >= 4 is 0 Å². The fourth-order valence-corrected chi connectivity index (χ4v) is 3.08. The molecule has 128 valence electrons. The first-order valence-corrected chi connectivity index (χ1v) is 9.89. The monoisotopic (exact) mass is 306 g/mol. The van der Waals surface area contributed by atoms with Crippen molar-refractivity contribution in [3.05, 3.63) is 18.7 Å². The fraction of sp³-hybridized carbons (Fsp3) is 0.850. The molecule has 2 nitrogen and oxygen atoms in total. The quantitative estimate of drug-likeness (QED) is 0.309. The van der Waals surface area contributed by atoms with Crippen LogP contribution in [0.15, 0.2) is 18.7 Å². The lowest BCUT2D eigenvalue weighted by Crippen LogP contribution is -1.93. The van der Waals surface area contributed by atoms with Gasteiger partial charge in [0, 0.05) is 18.9 Å². The molecular weight excluding hydrogens is 268 g/mol. The van der Waals surface area contributed by atoms with Crippen molar-refractivity contribution in [3.8, 4) is 0 Å². The molecule has 1 rings (SSSR count). The van der Waals surface area contributed by atoms with E-state index in [-0.39, 0.29) is 0 Å². The van der Waals surface area contributed by atoms with Crippen LogP contribution in [0.25, 0.3) is 0 Å². The van der Waals surface area contributed by atoms with Gasteiger partial charge < -0.3 is 4.57 Å². The minimum Gasteiger partial charge on any atom is -0.337 e. The molecule has 0 aromatic carbocycles. The Bertz CT molecular complexity index is 306. The molecule has 0 unspecified atom stereocenters. The van der Waals surface area contributed by atoms with Crippen LogP contribution in [0.1, 0.15) is 103 Å². The van der Waals surface area contributed by atoms with Gasteiger partial charge in [-0.15, -0.1) is 0 Å². The number of nitrogens with zero attached hydrogens (tertiary/aromatic N) is 2. The maximum atomic E-state index is 4.07. The van der Waals surface area contributed by atoms with Crippen LogP contribution >= 0.6 is 0 Å². The molecule has 0 bridgehead atoms. The molecule has 0 radical (unpaired) electrons. The van der Waals surface area contributed by atoms with Gasteiger partial charge in [-0.3, -0.25) is 0 Å². The standard InChI is InChI=1S/C20H38N2/c1-2-3-4-5-6-7-8-9-10-11-12-13-14-15-16-18-22-19-17-21-20-22/h17,19-20H,2-16,18H2,1H3. The normalized spacial score (nSPS) is 11.1. The van der Waals surface area contributed by atoms with E-state index in [1.165, 1.54) is 96.3 Å². The number of imidazole rings is 1. The van der Waals surface area contributed by atoms with E-state index in [4.69, 9.17) is 0 Å². The summed E-state index contributed by atoms with van der Waals surface area (Å²) in [6.07, 6.45) is 27.3. The lowest BCUT2D eigenvalue weighted by molar-refractivity contribution is 0.522. The number of rotatable bonds is 16. The molecule has 1 heterocycles. The van der Waals surface area contributed by atoms with Crippen LogP contribution in [-0.2, 0) is 6.54 Å². The second kappa shape index (κ2) is 15.1. The van der Waals surface area contributed by atoms with E-state index in [2.05, 4.69) is 22.7 Å². The smallest absolute Gasteiger partial charge is 0.0945 e. The summed E-state index contributed by atoms with van der Waals surface area (Å²) in [5.41, 5.74) is 0. The number of hydrogen-bond acceptors (Lipinski definition) is 1. The summed E-state index contributed by atoms with van der Waals surface area (Å²) in [5, 5.41) is 0. The molecule has 0 spiro atoms. The molecule has 1 aromatic heterocycles. The molecule has 2 heteroatoms. The van der Waals surface area contributed by atoms with Gasteiger partial charge in [-0.2, -0.15) is 0 Å². The number of aromatic nitrogens is 2. The molecule has 0 aliphatic heterocycles. The van der Waals surface area contributed by atoms with Crippen molar-refractivity contribution in [2.75, 3.05) is 0 Å². The van der Waals surface area contributed by atoms with Crippen LogP contribution in [0.2, 0.25) is 0 Å². The highest BCUT2D eigenvalue weighted by atomic mass is 15.0. The maximum Gasteiger partial charge on any atom is 0.0945 e. The zero-order chi connectivity index (χ0) is 15.7. The van der Waals surface area contributed by atoms with E-state index in [1.807, 2.05) is 12.5 Å². The zero-order valence-corrected chi connectivity index (χ0v) is 14.9. The Balaban J connectivity index is 1.68. The summed E-state index contributed by atoms with van der Waals surface area (Å²) in [4.78, 5) is 4.07. The highest BCUT2D eigenvalue weighted by Gasteiger charge is 1.95. The van der Waals surface area contributed by atoms with Gasteiger partial charge in [-0.25, -0.2) is 4.98 Å². The van der Waals surface area contributed by atoms with Gasteiger partial charge in [0.15, 0.2) is 0 Å². The molecule has 0 N–H and O–H groups in total. The average Bonchev–Trinajstić information content (AvgIpc) is 3.04. The van der Waals surface area contributed by atoms with Gasteiger partial charge in [0.25, 0.3) is 0 Å². The minimum absolute atomic E-state index is 1.14. The lowest BCUT2D eigenvalue weighted by Gasteiger charge is -2.04. The number of hydrogen-bond donors (Lipinski definition) is 0. The average molecular weight is 307 g/mol. The molecule has 0 aliphatic rings. The van der Waals surface area contributed by atoms with Crippen molar-refractivity contribution < 1.29 is 0 Å². The van der Waals surface area contributed by atoms with E-state index in [0.29, 0.717) is 0 Å². The van der Waals surface area contributed by atoms with Crippen molar-refractivity contribution in [3.63, 3.8) is 0 Å². The maximum absolute atomic E-state index is 4.07. The Hall–Kier alpha value is -0.790. The van der Waals surface area contributed by atoms with E-state index in [1.54, 1.807) is 0 Å². The van der Waals surface area contributed by atoms with Crippen LogP contribution in [-0.4, -0.2) is 9.55 Å². The van der Waals surface area contributed by atoms with Gasteiger partial charge in [-0.05, 0) is 6.42 Å². The van der Waals surface area contributed by atoms with Gasteiger partial charge in [0.1, 0.15) is 0 Å². The summed E-state index contributed by atoms with van der Waals surface area (Å²) in [6.45, 7) is 3.43. The Labute approximate surface area is 138 Å². The molecule has 0 fully saturated rings. The third-order valence-electron chi connectivity index (χ3n) is 4.58. The van der Waals surface area contributed by atoms with Crippen molar-refractivity contribution in [1.29, 1.82) is 0 Å². The number of unbranched alkanes of at least 4 members (excludes halogenated alkanes) is 14. The van der Waals surface area contributed by atoms with Crippen molar-refractivity contribution in [2.45, 2.75) is 110 Å². The van der Waals surface area contributed by atoms with Crippen LogP contribution in [0.5, 0.6) is 0 Å². The van der Waals surface area contributed by atoms with E-state index >= 15 is 0 Å². The predicted octanol–water partition coefficient (Wildman–Crippen LogP) is 6.75. The Morgan fingerprint density at radius 1 is 0.636 bits per heavy atom. The zero-order valence-electron chi connectivity index (χ0n) is 14.9. The molecule has 0 amide bonds. The minimum atomic E-state index is 1.14. The first-order valence-electron chi connectivity index (χ1n) is 9.89. The highest BCUT2D eigenvalue weighted by molar-refractivity contribution is 4.73. The van der Waals surface area contributed by atoms with E-state index in [0.717, 1.165) is 6.54 Å². The molecule has 22 heavy (non-hydrogen) atoms. The highest BCUT2D eigenvalue weighted by Crippen LogP contribution is 2.13. The van der Waals surface area contributed by atoms with Gasteiger partial charge in [0.2, 0.25) is 0 Å². The summed E-state index contributed by atoms with van der Waals surface area (Å²) < 4.78 is 2.18. The van der Waals surface area contributed by atoms with Gasteiger partial charge in [0.05, 0.1) is 6.33 Å². The predicted molar refractivity (Wildman–Crippen MR) is 97.2 cm³/mol. The van der Waals surface area contributed by atoms with Crippen molar-refractivity contribution in [2.24, 2.45) is 0 Å². The van der Waals surface area contributed by atoms with E-state index in [9.17, 15) is 0 Å². The second-order valence-corrected chi connectivity index (χ2v) is 6.75. The lowest BCUT2D eigenvalue weighted by atomic mass is 10.0. The first kappa shape index (κ1) is 19.3. The van der Waals surface area contributed by atoms with Crippen LogP contribution in [0.3, 0.4) is 0 Å². The molecule has 0 saturated heterocycles. The SMILES string of the molecule is CCCCCCCCCCCCCCCCCn1ccnc1. The molecule has 0 saturated carbocycles.